The van der Waals surface area contributed by atoms with Crippen molar-refractivity contribution < 1.29 is 14.7 Å². The maximum absolute atomic E-state index is 8.42. The minimum atomic E-state index is 0.0868. The van der Waals surface area contributed by atoms with E-state index in [1.54, 1.807) is 0 Å². The lowest BCUT2D eigenvalue weighted by atomic mass is 10.3. The maximum atomic E-state index is 8.42. The number of nitrogens with one attached hydrogen (secondary N) is 1. The van der Waals surface area contributed by atoms with Crippen molar-refractivity contribution in [1.29, 1.82) is 0 Å². The first kappa shape index (κ1) is 10.9. The van der Waals surface area contributed by atoms with Crippen LogP contribution >= 0.6 is 0 Å². The highest BCUT2D eigenvalue weighted by atomic mass is 16.7. The molecule has 0 bridgehead atoms. The third kappa shape index (κ3) is 5.21. The molecule has 0 aromatic heterocycles. The minimum absolute atomic E-state index is 0.0868. The lowest BCUT2D eigenvalue weighted by molar-refractivity contribution is -0.0329. The molecule has 0 radical (unpaired) electrons. The highest BCUT2D eigenvalue weighted by Crippen LogP contribution is 2.19. The van der Waals surface area contributed by atoms with E-state index in [0.29, 0.717) is 25.9 Å². The van der Waals surface area contributed by atoms with Crippen molar-refractivity contribution >= 4 is 0 Å². The van der Waals surface area contributed by atoms with Crippen LogP contribution in [0.1, 0.15) is 25.7 Å². The number of hydrogen-bond donors (Lipinski definition) is 2. The number of aliphatic hydroxyl groups is 1. The summed E-state index contributed by atoms with van der Waals surface area (Å²) < 4.78 is 5.06. The van der Waals surface area contributed by atoms with Gasteiger partial charge >= 0.3 is 0 Å². The first-order chi connectivity index (χ1) is 6.43. The lowest BCUT2D eigenvalue weighted by Crippen LogP contribution is -2.25. The van der Waals surface area contributed by atoms with Crippen molar-refractivity contribution in [1.82, 2.24) is 5.48 Å². The van der Waals surface area contributed by atoms with Crippen LogP contribution in [0.3, 0.4) is 0 Å². The maximum Gasteiger partial charge on any atom is 0.0790 e. The monoisotopic (exact) mass is 189 g/mol. The molecular weight excluding hydrogens is 170 g/mol. The van der Waals surface area contributed by atoms with Gasteiger partial charge in [-0.2, -0.15) is 5.48 Å². The van der Waals surface area contributed by atoms with Crippen LogP contribution in [0.5, 0.6) is 0 Å². The molecule has 0 saturated heterocycles. The van der Waals surface area contributed by atoms with Gasteiger partial charge in [0.25, 0.3) is 0 Å². The van der Waals surface area contributed by atoms with Gasteiger partial charge in [0.05, 0.1) is 25.9 Å². The molecule has 0 amide bonds. The minimum Gasteiger partial charge on any atom is -0.394 e. The number of ether oxygens (including phenoxy) is 1. The zero-order chi connectivity index (χ0) is 9.36. The van der Waals surface area contributed by atoms with E-state index in [2.05, 4.69) is 5.48 Å². The SMILES string of the molecule is OCCOCCNOC1CCCC1. The molecule has 1 fully saturated rings. The van der Waals surface area contributed by atoms with Gasteiger partial charge in [-0.1, -0.05) is 12.8 Å². The van der Waals surface area contributed by atoms with E-state index in [1.807, 2.05) is 0 Å². The zero-order valence-corrected chi connectivity index (χ0v) is 8.00. The molecule has 0 aromatic rings. The molecule has 78 valence electrons. The fraction of sp³-hybridized carbons (Fsp3) is 1.00. The summed E-state index contributed by atoms with van der Waals surface area (Å²) in [5.41, 5.74) is 2.88. The van der Waals surface area contributed by atoms with Crippen LogP contribution in [-0.4, -0.2) is 37.6 Å². The molecule has 0 heterocycles. The van der Waals surface area contributed by atoms with Gasteiger partial charge < -0.3 is 9.84 Å². The van der Waals surface area contributed by atoms with Crippen LogP contribution in [0.15, 0.2) is 0 Å². The van der Waals surface area contributed by atoms with Crippen LogP contribution in [0.2, 0.25) is 0 Å². The van der Waals surface area contributed by atoms with E-state index in [1.165, 1.54) is 25.7 Å². The number of hydrogen-bond acceptors (Lipinski definition) is 4. The quantitative estimate of drug-likeness (QED) is 0.451. The zero-order valence-electron chi connectivity index (χ0n) is 8.00. The van der Waals surface area contributed by atoms with Gasteiger partial charge in [0.2, 0.25) is 0 Å². The van der Waals surface area contributed by atoms with Gasteiger partial charge in [-0.05, 0) is 12.8 Å². The second-order valence-corrected chi connectivity index (χ2v) is 3.25. The molecule has 0 aliphatic heterocycles. The summed E-state index contributed by atoms with van der Waals surface area (Å²) in [4.78, 5) is 5.39. The summed E-state index contributed by atoms with van der Waals surface area (Å²) in [5.74, 6) is 0. The summed E-state index contributed by atoms with van der Waals surface area (Å²) >= 11 is 0. The van der Waals surface area contributed by atoms with Crippen LogP contribution in [0.25, 0.3) is 0 Å². The van der Waals surface area contributed by atoms with Gasteiger partial charge in [-0.25, -0.2) is 0 Å². The first-order valence-electron chi connectivity index (χ1n) is 5.00. The fourth-order valence-electron chi connectivity index (χ4n) is 1.46. The number of aliphatic hydroxyl groups excluding tert-OH is 1. The highest BCUT2D eigenvalue weighted by molar-refractivity contribution is 4.65. The molecule has 0 unspecified atom stereocenters. The Balaban J connectivity index is 1.78. The van der Waals surface area contributed by atoms with Crippen LogP contribution < -0.4 is 5.48 Å². The molecule has 1 rings (SSSR count). The van der Waals surface area contributed by atoms with Crippen LogP contribution in [-0.2, 0) is 9.57 Å². The summed E-state index contributed by atoms with van der Waals surface area (Å²) in [6.07, 6.45) is 5.31. The summed E-state index contributed by atoms with van der Waals surface area (Å²) in [6, 6.07) is 0. The summed E-state index contributed by atoms with van der Waals surface area (Å²) in [5, 5.41) is 8.42. The Morgan fingerprint density at radius 3 is 2.69 bits per heavy atom. The second-order valence-electron chi connectivity index (χ2n) is 3.25. The molecule has 13 heavy (non-hydrogen) atoms. The van der Waals surface area contributed by atoms with Crippen molar-refractivity contribution in [3.8, 4) is 0 Å². The molecule has 1 aliphatic carbocycles. The smallest absolute Gasteiger partial charge is 0.0790 e. The van der Waals surface area contributed by atoms with E-state index in [0.717, 1.165) is 0 Å². The van der Waals surface area contributed by atoms with E-state index in [-0.39, 0.29) is 6.61 Å². The lowest BCUT2D eigenvalue weighted by Gasteiger charge is -2.11. The van der Waals surface area contributed by atoms with Gasteiger partial charge in [-0.3, -0.25) is 4.84 Å². The average molecular weight is 189 g/mol. The average Bonchev–Trinajstić information content (AvgIpc) is 2.63. The van der Waals surface area contributed by atoms with Crippen molar-refractivity contribution in [3.05, 3.63) is 0 Å². The van der Waals surface area contributed by atoms with Gasteiger partial charge in [0, 0.05) is 6.54 Å². The fourth-order valence-corrected chi connectivity index (χ4v) is 1.46. The summed E-state index contributed by atoms with van der Waals surface area (Å²) in [7, 11) is 0. The van der Waals surface area contributed by atoms with Crippen molar-refractivity contribution in [2.45, 2.75) is 31.8 Å². The Morgan fingerprint density at radius 2 is 2.00 bits per heavy atom. The third-order valence-corrected chi connectivity index (χ3v) is 2.14. The third-order valence-electron chi connectivity index (χ3n) is 2.14. The Morgan fingerprint density at radius 1 is 1.23 bits per heavy atom. The molecular formula is C9H19NO3. The van der Waals surface area contributed by atoms with Gasteiger partial charge in [0.1, 0.15) is 0 Å². The Kier molecular flexibility index (Phi) is 6.10. The normalized spacial score (nSPS) is 18.2. The standard InChI is InChI=1S/C9H19NO3/c11-6-8-12-7-5-10-13-9-3-1-2-4-9/h9-11H,1-8H2. The van der Waals surface area contributed by atoms with Crippen LogP contribution in [0.4, 0.5) is 0 Å². The molecule has 2 N–H and O–H groups in total. The highest BCUT2D eigenvalue weighted by Gasteiger charge is 2.14. The molecule has 0 spiro atoms. The number of hydroxylamine groups is 1. The van der Waals surface area contributed by atoms with Crippen molar-refractivity contribution in [2.75, 3.05) is 26.4 Å². The van der Waals surface area contributed by atoms with Gasteiger partial charge in [-0.15, -0.1) is 0 Å². The predicted molar refractivity (Wildman–Crippen MR) is 49.2 cm³/mol. The van der Waals surface area contributed by atoms with Crippen molar-refractivity contribution in [3.63, 3.8) is 0 Å². The molecule has 0 atom stereocenters. The molecule has 4 nitrogen and oxygen atoms in total. The van der Waals surface area contributed by atoms with Crippen LogP contribution in [0, 0.1) is 0 Å². The second kappa shape index (κ2) is 7.26. The molecule has 1 aliphatic rings. The van der Waals surface area contributed by atoms with E-state index >= 15 is 0 Å². The topological polar surface area (TPSA) is 50.7 Å². The number of rotatable bonds is 7. The van der Waals surface area contributed by atoms with Crippen molar-refractivity contribution in [2.24, 2.45) is 0 Å². The van der Waals surface area contributed by atoms with E-state index in [9.17, 15) is 0 Å². The Hall–Kier alpha value is -0.160. The first-order valence-corrected chi connectivity index (χ1v) is 5.00. The summed E-state index contributed by atoms with van der Waals surface area (Å²) in [6.45, 7) is 1.78. The van der Waals surface area contributed by atoms with Gasteiger partial charge in [0.15, 0.2) is 0 Å². The predicted octanol–water partition coefficient (Wildman–Crippen LogP) is 0.459. The Labute approximate surface area is 79.2 Å². The Bertz CT molecular complexity index is 115. The molecule has 4 heteroatoms. The molecule has 0 aromatic carbocycles. The van der Waals surface area contributed by atoms with E-state index < -0.39 is 0 Å². The largest absolute Gasteiger partial charge is 0.394 e. The van der Waals surface area contributed by atoms with E-state index in [4.69, 9.17) is 14.7 Å². The molecule has 1 saturated carbocycles.